The number of hydrogen-bond acceptors (Lipinski definition) is 4. The lowest BCUT2D eigenvalue weighted by Crippen LogP contribution is -2.66. The van der Waals surface area contributed by atoms with Crippen LogP contribution < -0.4 is 5.32 Å². The van der Waals surface area contributed by atoms with Gasteiger partial charge in [0, 0.05) is 11.6 Å². The van der Waals surface area contributed by atoms with Gasteiger partial charge in [0.05, 0.1) is 5.54 Å². The van der Waals surface area contributed by atoms with Gasteiger partial charge in [-0.25, -0.2) is 4.98 Å². The third kappa shape index (κ3) is 2.25. The lowest BCUT2D eigenvalue weighted by Gasteiger charge is -2.46. The van der Waals surface area contributed by atoms with Gasteiger partial charge in [-0.2, -0.15) is 0 Å². The second-order valence-corrected chi connectivity index (χ2v) is 6.15. The van der Waals surface area contributed by atoms with Gasteiger partial charge >= 0.3 is 0 Å². The zero-order valence-corrected chi connectivity index (χ0v) is 12.5. The normalized spacial score (nSPS) is 24.5. The summed E-state index contributed by atoms with van der Waals surface area (Å²) in [7, 11) is 0. The van der Waals surface area contributed by atoms with Crippen molar-refractivity contribution in [2.45, 2.75) is 51.7 Å². The maximum absolute atomic E-state index is 12.5. The van der Waals surface area contributed by atoms with Crippen LogP contribution in [0.25, 0.3) is 0 Å². The Morgan fingerprint density at radius 3 is 2.68 bits per heavy atom. The van der Waals surface area contributed by atoms with Crippen LogP contribution in [0.4, 0.5) is 0 Å². The Bertz CT molecular complexity index is 484. The third-order valence-electron chi connectivity index (χ3n) is 3.53. The summed E-state index contributed by atoms with van der Waals surface area (Å²) in [5, 5.41) is 5.46. The molecule has 2 atom stereocenters. The van der Waals surface area contributed by atoms with Crippen LogP contribution >= 0.6 is 11.3 Å². The second kappa shape index (κ2) is 4.92. The number of nitrogens with one attached hydrogen (secondary N) is 1. The molecule has 0 aliphatic carbocycles. The first-order valence-electron chi connectivity index (χ1n) is 6.43. The van der Waals surface area contributed by atoms with Crippen LogP contribution in [0.2, 0.25) is 0 Å². The molecule has 1 aromatic heterocycles. The number of piperazine rings is 1. The van der Waals surface area contributed by atoms with Crippen LogP contribution in [0.15, 0.2) is 11.6 Å². The summed E-state index contributed by atoms with van der Waals surface area (Å²) in [6.07, 6.45) is 2.32. The Kier molecular flexibility index (Phi) is 3.62. The number of thiazole rings is 1. The van der Waals surface area contributed by atoms with Crippen LogP contribution in [0.1, 0.15) is 39.1 Å². The molecule has 0 saturated carbocycles. The van der Waals surface area contributed by atoms with Gasteiger partial charge in [0.2, 0.25) is 11.8 Å². The van der Waals surface area contributed by atoms with E-state index in [1.807, 2.05) is 26.2 Å². The molecule has 1 saturated heterocycles. The quantitative estimate of drug-likeness (QED) is 0.913. The molecule has 2 heterocycles. The predicted octanol–water partition coefficient (Wildman–Crippen LogP) is 1.50. The minimum Gasteiger partial charge on any atom is -0.343 e. The average Bonchev–Trinajstić information content (AvgIpc) is 2.87. The van der Waals surface area contributed by atoms with Gasteiger partial charge in [0.15, 0.2) is 0 Å². The highest BCUT2D eigenvalue weighted by molar-refractivity contribution is 7.09. The first-order valence-corrected chi connectivity index (χ1v) is 7.31. The molecule has 2 unspecified atom stereocenters. The van der Waals surface area contributed by atoms with E-state index in [4.69, 9.17) is 0 Å². The van der Waals surface area contributed by atoms with Gasteiger partial charge in [-0.3, -0.25) is 9.59 Å². The van der Waals surface area contributed by atoms with Crippen molar-refractivity contribution in [1.29, 1.82) is 0 Å². The second-order valence-electron chi connectivity index (χ2n) is 5.26. The largest absolute Gasteiger partial charge is 0.343 e. The van der Waals surface area contributed by atoms with Gasteiger partial charge in [-0.05, 0) is 27.2 Å². The van der Waals surface area contributed by atoms with E-state index in [1.165, 1.54) is 11.3 Å². The van der Waals surface area contributed by atoms with E-state index >= 15 is 0 Å². The zero-order chi connectivity index (χ0) is 14.2. The number of amides is 2. The molecular weight excluding hydrogens is 262 g/mol. The number of aromatic nitrogens is 1. The Labute approximate surface area is 117 Å². The first kappa shape index (κ1) is 14.0. The molecule has 1 aromatic rings. The molecule has 2 amide bonds. The SMILES string of the molecule is CCC1C(=O)NC(C)C(=O)N1C(C)(C)c1nccs1. The van der Waals surface area contributed by atoms with Crippen molar-refractivity contribution in [3.8, 4) is 0 Å². The van der Waals surface area contributed by atoms with E-state index in [2.05, 4.69) is 10.3 Å². The first-order chi connectivity index (χ1) is 8.89. The number of carbonyl (C=O) groups is 2. The van der Waals surface area contributed by atoms with Gasteiger partial charge in [0.1, 0.15) is 17.1 Å². The standard InChI is InChI=1S/C13H19N3O2S/c1-5-9-10(17)15-8(2)11(18)16(9)13(3,4)12-14-6-7-19-12/h6-9H,5H2,1-4H3,(H,15,17). The Morgan fingerprint density at radius 2 is 2.16 bits per heavy atom. The van der Waals surface area contributed by atoms with Crippen LogP contribution in [-0.4, -0.2) is 33.8 Å². The molecule has 5 nitrogen and oxygen atoms in total. The van der Waals surface area contributed by atoms with E-state index in [0.29, 0.717) is 6.42 Å². The zero-order valence-electron chi connectivity index (χ0n) is 11.6. The Hall–Kier alpha value is -1.43. The topological polar surface area (TPSA) is 62.3 Å². The summed E-state index contributed by atoms with van der Waals surface area (Å²) < 4.78 is 0. The van der Waals surface area contributed by atoms with Crippen molar-refractivity contribution in [2.75, 3.05) is 0 Å². The van der Waals surface area contributed by atoms with E-state index < -0.39 is 17.6 Å². The summed E-state index contributed by atoms with van der Waals surface area (Å²) in [5.41, 5.74) is -0.571. The Balaban J connectivity index is 2.43. The number of rotatable bonds is 3. The van der Waals surface area contributed by atoms with Crippen molar-refractivity contribution in [1.82, 2.24) is 15.2 Å². The van der Waals surface area contributed by atoms with Crippen molar-refractivity contribution in [3.63, 3.8) is 0 Å². The predicted molar refractivity (Wildman–Crippen MR) is 73.7 cm³/mol. The van der Waals surface area contributed by atoms with Gasteiger partial charge < -0.3 is 10.2 Å². The summed E-state index contributed by atoms with van der Waals surface area (Å²) in [4.78, 5) is 30.6. The summed E-state index contributed by atoms with van der Waals surface area (Å²) >= 11 is 1.50. The minimum absolute atomic E-state index is 0.0494. The van der Waals surface area contributed by atoms with Gasteiger partial charge in [-0.15, -0.1) is 11.3 Å². The molecule has 1 N–H and O–H groups in total. The van der Waals surface area contributed by atoms with Crippen LogP contribution in [0, 0.1) is 0 Å². The van der Waals surface area contributed by atoms with Crippen molar-refractivity contribution in [2.24, 2.45) is 0 Å². The average molecular weight is 281 g/mol. The fraction of sp³-hybridized carbons (Fsp3) is 0.615. The van der Waals surface area contributed by atoms with Gasteiger partial charge in [-0.1, -0.05) is 6.92 Å². The summed E-state index contributed by atoms with van der Waals surface area (Å²) in [5.74, 6) is -0.133. The highest BCUT2D eigenvalue weighted by Crippen LogP contribution is 2.33. The van der Waals surface area contributed by atoms with E-state index in [9.17, 15) is 9.59 Å². The fourth-order valence-electron chi connectivity index (χ4n) is 2.51. The van der Waals surface area contributed by atoms with Crippen molar-refractivity contribution >= 4 is 23.2 Å². The lowest BCUT2D eigenvalue weighted by molar-refractivity contribution is -0.156. The highest BCUT2D eigenvalue weighted by Gasteiger charge is 2.46. The van der Waals surface area contributed by atoms with Crippen LogP contribution in [0.5, 0.6) is 0 Å². The smallest absolute Gasteiger partial charge is 0.246 e. The molecule has 6 heteroatoms. The fourth-order valence-corrected chi connectivity index (χ4v) is 3.27. The van der Waals surface area contributed by atoms with Crippen LogP contribution in [-0.2, 0) is 15.1 Å². The number of hydrogen-bond donors (Lipinski definition) is 1. The third-order valence-corrected chi connectivity index (χ3v) is 4.61. The molecule has 1 aliphatic rings. The molecule has 0 radical (unpaired) electrons. The van der Waals surface area contributed by atoms with E-state index in [-0.39, 0.29) is 11.8 Å². The molecule has 1 aliphatic heterocycles. The molecule has 0 spiro atoms. The molecule has 0 bridgehead atoms. The monoisotopic (exact) mass is 281 g/mol. The highest BCUT2D eigenvalue weighted by atomic mass is 32.1. The lowest BCUT2D eigenvalue weighted by atomic mass is 9.95. The van der Waals surface area contributed by atoms with Gasteiger partial charge in [0.25, 0.3) is 0 Å². The molecular formula is C13H19N3O2S. The van der Waals surface area contributed by atoms with E-state index in [0.717, 1.165) is 5.01 Å². The molecule has 19 heavy (non-hydrogen) atoms. The maximum Gasteiger partial charge on any atom is 0.246 e. The van der Waals surface area contributed by atoms with E-state index in [1.54, 1.807) is 18.0 Å². The minimum atomic E-state index is -0.571. The molecule has 104 valence electrons. The summed E-state index contributed by atoms with van der Waals surface area (Å²) in [6.45, 7) is 7.52. The molecule has 2 rings (SSSR count). The van der Waals surface area contributed by atoms with Crippen molar-refractivity contribution in [3.05, 3.63) is 16.6 Å². The molecule has 1 fully saturated rings. The number of carbonyl (C=O) groups excluding carboxylic acids is 2. The Morgan fingerprint density at radius 1 is 1.47 bits per heavy atom. The molecule has 0 aromatic carbocycles. The number of nitrogens with zero attached hydrogens (tertiary/aromatic N) is 2. The maximum atomic E-state index is 12.5. The van der Waals surface area contributed by atoms with Crippen molar-refractivity contribution < 1.29 is 9.59 Å². The summed E-state index contributed by atoms with van der Waals surface area (Å²) in [6, 6.07) is -0.905. The van der Waals surface area contributed by atoms with Crippen LogP contribution in [0.3, 0.4) is 0 Å².